The maximum atomic E-state index is 5.74. The summed E-state index contributed by atoms with van der Waals surface area (Å²) in [5, 5.41) is 3.68. The summed E-state index contributed by atoms with van der Waals surface area (Å²) in [4.78, 5) is 0.915. The highest BCUT2D eigenvalue weighted by molar-refractivity contribution is 7.98. The Balaban J connectivity index is 2.66. The van der Waals surface area contributed by atoms with Gasteiger partial charge in [0.05, 0.1) is 30.9 Å². The number of thioether (sulfide) groups is 1. The van der Waals surface area contributed by atoms with Crippen LogP contribution >= 0.6 is 11.8 Å². The molecule has 0 unspecified atom stereocenters. The normalized spacial score (nSPS) is 10.4. The smallest absolute Gasteiger partial charge is 0.230 e. The minimum atomic E-state index is 0.269. The quantitative estimate of drug-likeness (QED) is 0.858. The van der Waals surface area contributed by atoms with Crippen LogP contribution in [0.2, 0.25) is 0 Å². The summed E-state index contributed by atoms with van der Waals surface area (Å²) in [7, 11) is 3.24. The Kier molecular flexibility index (Phi) is 3.66. The summed E-state index contributed by atoms with van der Waals surface area (Å²) in [6.45, 7) is 0. The summed E-state index contributed by atoms with van der Waals surface area (Å²) >= 11 is 1.55. The molecule has 0 bridgehead atoms. The lowest BCUT2D eigenvalue weighted by Crippen LogP contribution is -1.95. The van der Waals surface area contributed by atoms with Gasteiger partial charge in [0, 0.05) is 5.56 Å². The van der Waals surface area contributed by atoms with Crippen LogP contribution in [-0.2, 0) is 0 Å². The van der Waals surface area contributed by atoms with E-state index >= 15 is 0 Å². The zero-order valence-electron chi connectivity index (χ0n) is 10.4. The molecular formula is C12H14N2O3S. The average Bonchev–Trinajstić information content (AvgIpc) is 2.82. The number of nitrogens with two attached hydrogens (primary N) is 1. The number of methoxy groups -OCH3 is 2. The predicted molar refractivity (Wildman–Crippen MR) is 71.2 cm³/mol. The number of benzene rings is 1. The number of hydrogen-bond donors (Lipinski definition) is 1. The van der Waals surface area contributed by atoms with Crippen molar-refractivity contribution < 1.29 is 14.0 Å². The zero-order valence-corrected chi connectivity index (χ0v) is 11.2. The van der Waals surface area contributed by atoms with E-state index in [4.69, 9.17) is 19.7 Å². The third kappa shape index (κ3) is 1.99. The molecule has 0 atom stereocenters. The van der Waals surface area contributed by atoms with Gasteiger partial charge in [-0.3, -0.25) is 0 Å². The van der Waals surface area contributed by atoms with Gasteiger partial charge in [0.25, 0.3) is 0 Å². The van der Waals surface area contributed by atoms with Crippen LogP contribution in [0.3, 0.4) is 0 Å². The van der Waals surface area contributed by atoms with E-state index in [1.54, 1.807) is 32.2 Å². The maximum absolute atomic E-state index is 5.74. The highest BCUT2D eigenvalue weighted by atomic mass is 32.2. The Morgan fingerprint density at radius 3 is 2.50 bits per heavy atom. The molecule has 1 aromatic heterocycles. The first-order valence-corrected chi connectivity index (χ1v) is 6.44. The van der Waals surface area contributed by atoms with E-state index in [0.717, 1.165) is 16.2 Å². The van der Waals surface area contributed by atoms with E-state index in [9.17, 15) is 0 Å². The van der Waals surface area contributed by atoms with Gasteiger partial charge in [-0.15, -0.1) is 11.8 Å². The molecule has 18 heavy (non-hydrogen) atoms. The first-order valence-electron chi connectivity index (χ1n) is 5.22. The van der Waals surface area contributed by atoms with Crippen LogP contribution in [0.25, 0.3) is 11.1 Å². The molecule has 1 heterocycles. The molecule has 0 spiro atoms. The van der Waals surface area contributed by atoms with Crippen LogP contribution in [0, 0.1) is 0 Å². The summed E-state index contributed by atoms with van der Waals surface area (Å²) in [5.74, 6) is 1.74. The van der Waals surface area contributed by atoms with Gasteiger partial charge in [-0.1, -0.05) is 5.16 Å². The third-order valence-corrected chi connectivity index (χ3v) is 3.39. The summed E-state index contributed by atoms with van der Waals surface area (Å²) < 4.78 is 15.7. The van der Waals surface area contributed by atoms with Gasteiger partial charge in [-0.05, 0) is 18.4 Å². The fourth-order valence-electron chi connectivity index (χ4n) is 1.76. The predicted octanol–water partition coefficient (Wildman–Crippen LogP) is 2.66. The number of aromatic nitrogens is 1. The molecule has 2 N–H and O–H groups in total. The Labute approximate surface area is 109 Å². The molecule has 5 nitrogen and oxygen atoms in total. The minimum absolute atomic E-state index is 0.269. The van der Waals surface area contributed by atoms with Gasteiger partial charge < -0.3 is 19.7 Å². The van der Waals surface area contributed by atoms with E-state index in [1.807, 2.05) is 18.4 Å². The Bertz CT molecular complexity index is 554. The molecule has 2 aromatic rings. The summed E-state index contributed by atoms with van der Waals surface area (Å²) in [5.41, 5.74) is 7.28. The number of rotatable bonds is 4. The van der Waals surface area contributed by atoms with Crippen molar-refractivity contribution in [3.05, 3.63) is 18.3 Å². The first-order chi connectivity index (χ1) is 8.72. The van der Waals surface area contributed by atoms with E-state index in [2.05, 4.69) is 5.16 Å². The molecule has 0 saturated carbocycles. The fourth-order valence-corrected chi connectivity index (χ4v) is 2.50. The van der Waals surface area contributed by atoms with Gasteiger partial charge in [0.1, 0.15) is 11.5 Å². The second-order valence-corrected chi connectivity index (χ2v) is 4.30. The monoisotopic (exact) mass is 266 g/mol. The molecule has 0 aliphatic rings. The number of ether oxygens (including phenoxy) is 2. The molecular weight excluding hydrogens is 252 g/mol. The van der Waals surface area contributed by atoms with Crippen LogP contribution in [-0.4, -0.2) is 25.6 Å². The second kappa shape index (κ2) is 5.22. The molecule has 1 aromatic carbocycles. The van der Waals surface area contributed by atoms with Crippen molar-refractivity contribution in [1.82, 2.24) is 5.16 Å². The van der Waals surface area contributed by atoms with Gasteiger partial charge in [-0.25, -0.2) is 0 Å². The van der Waals surface area contributed by atoms with Crippen LogP contribution in [0.15, 0.2) is 27.7 Å². The second-order valence-electron chi connectivity index (χ2n) is 3.49. The average molecular weight is 266 g/mol. The Morgan fingerprint density at radius 2 is 2.00 bits per heavy atom. The molecule has 0 saturated heterocycles. The molecule has 0 radical (unpaired) electrons. The molecule has 6 heteroatoms. The van der Waals surface area contributed by atoms with Crippen molar-refractivity contribution in [2.24, 2.45) is 0 Å². The lowest BCUT2D eigenvalue weighted by atomic mass is 10.1. The van der Waals surface area contributed by atoms with Crippen LogP contribution in [0.1, 0.15) is 0 Å². The standard InChI is InChI=1S/C12H14N2O3S/c1-15-9-5-4-7(8-6-14-17-12(8)13)10(16-2)11(9)18-3/h4-6H,13H2,1-3H3. The highest BCUT2D eigenvalue weighted by Gasteiger charge is 2.18. The van der Waals surface area contributed by atoms with Crippen molar-refractivity contribution in [2.75, 3.05) is 26.2 Å². The van der Waals surface area contributed by atoms with Crippen molar-refractivity contribution in [1.29, 1.82) is 0 Å². The SMILES string of the molecule is COc1ccc(-c2cnoc2N)c(OC)c1SC. The van der Waals surface area contributed by atoms with Gasteiger partial charge in [0.2, 0.25) is 5.88 Å². The highest BCUT2D eigenvalue weighted by Crippen LogP contribution is 2.44. The maximum Gasteiger partial charge on any atom is 0.230 e. The zero-order chi connectivity index (χ0) is 13.1. The number of hydrogen-bond acceptors (Lipinski definition) is 6. The van der Waals surface area contributed by atoms with Crippen LogP contribution in [0.4, 0.5) is 5.88 Å². The van der Waals surface area contributed by atoms with E-state index < -0.39 is 0 Å². The van der Waals surface area contributed by atoms with Gasteiger partial charge >= 0.3 is 0 Å². The van der Waals surface area contributed by atoms with E-state index in [-0.39, 0.29) is 5.88 Å². The van der Waals surface area contributed by atoms with Crippen molar-refractivity contribution in [2.45, 2.75) is 4.90 Å². The summed E-state index contributed by atoms with van der Waals surface area (Å²) in [6, 6.07) is 3.75. The molecule has 0 fully saturated rings. The summed E-state index contributed by atoms with van der Waals surface area (Å²) in [6.07, 6.45) is 3.53. The number of nitrogens with zero attached hydrogens (tertiary/aromatic N) is 1. The lowest BCUT2D eigenvalue weighted by molar-refractivity contribution is 0.377. The molecule has 0 amide bonds. The van der Waals surface area contributed by atoms with Crippen molar-refractivity contribution in [3.8, 4) is 22.6 Å². The van der Waals surface area contributed by atoms with Gasteiger partial charge in [0.15, 0.2) is 0 Å². The number of anilines is 1. The molecule has 0 aliphatic carbocycles. The fraction of sp³-hybridized carbons (Fsp3) is 0.250. The topological polar surface area (TPSA) is 70.5 Å². The largest absolute Gasteiger partial charge is 0.495 e. The first kappa shape index (κ1) is 12.6. The Hall–Kier alpha value is -1.82. The molecule has 96 valence electrons. The third-order valence-electron chi connectivity index (χ3n) is 2.59. The van der Waals surface area contributed by atoms with E-state index in [0.29, 0.717) is 11.3 Å². The number of nitrogen functional groups attached to an aromatic ring is 1. The van der Waals surface area contributed by atoms with Crippen molar-refractivity contribution in [3.63, 3.8) is 0 Å². The van der Waals surface area contributed by atoms with Crippen LogP contribution < -0.4 is 15.2 Å². The van der Waals surface area contributed by atoms with Crippen LogP contribution in [0.5, 0.6) is 11.5 Å². The van der Waals surface area contributed by atoms with Crippen molar-refractivity contribution >= 4 is 17.6 Å². The minimum Gasteiger partial charge on any atom is -0.495 e. The van der Waals surface area contributed by atoms with E-state index in [1.165, 1.54) is 0 Å². The van der Waals surface area contributed by atoms with Gasteiger partial charge in [-0.2, -0.15) is 0 Å². The Morgan fingerprint density at radius 1 is 1.22 bits per heavy atom. The molecule has 0 aliphatic heterocycles. The lowest BCUT2D eigenvalue weighted by Gasteiger charge is -2.14. The molecule has 2 rings (SSSR count).